The predicted octanol–water partition coefficient (Wildman–Crippen LogP) is 2.54. The molecular weight excluding hydrogens is 261 g/mol. The lowest BCUT2D eigenvalue weighted by molar-refractivity contribution is 0.0585. The first-order valence-corrected chi connectivity index (χ1v) is 6.86. The minimum Gasteiger partial charge on any atom is -0.494 e. The van der Waals surface area contributed by atoms with E-state index in [0.717, 1.165) is 18.5 Å². The summed E-state index contributed by atoms with van der Waals surface area (Å²) in [4.78, 5) is 0. The predicted molar refractivity (Wildman–Crippen MR) is 76.7 cm³/mol. The number of halogens is 1. The van der Waals surface area contributed by atoms with E-state index in [1.165, 1.54) is 13.2 Å². The Balaban J connectivity index is 2.68. The molecular formula is C15H24FNO3. The van der Waals surface area contributed by atoms with Gasteiger partial charge >= 0.3 is 0 Å². The molecule has 0 amide bonds. The van der Waals surface area contributed by atoms with Crippen LogP contribution in [0.2, 0.25) is 0 Å². The average molecular weight is 285 g/mol. The van der Waals surface area contributed by atoms with E-state index in [9.17, 15) is 4.39 Å². The van der Waals surface area contributed by atoms with E-state index < -0.39 is 0 Å². The van der Waals surface area contributed by atoms with Gasteiger partial charge in [0.1, 0.15) is 0 Å². The molecule has 0 saturated carbocycles. The van der Waals surface area contributed by atoms with E-state index in [2.05, 4.69) is 12.2 Å². The number of benzene rings is 1. The molecule has 0 spiro atoms. The van der Waals surface area contributed by atoms with Gasteiger partial charge in [0, 0.05) is 7.11 Å². The normalized spacial score (nSPS) is 12.4. The second-order valence-electron chi connectivity index (χ2n) is 4.47. The Hall–Kier alpha value is -1.17. The van der Waals surface area contributed by atoms with Gasteiger partial charge in [0.25, 0.3) is 0 Å². The van der Waals surface area contributed by atoms with Gasteiger partial charge in [-0.15, -0.1) is 0 Å². The van der Waals surface area contributed by atoms with Gasteiger partial charge in [0.05, 0.1) is 33.0 Å². The molecule has 1 rings (SSSR count). The Morgan fingerprint density at radius 1 is 1.25 bits per heavy atom. The Bertz CT molecular complexity index is 387. The van der Waals surface area contributed by atoms with Crippen molar-refractivity contribution in [3.05, 3.63) is 29.6 Å². The van der Waals surface area contributed by atoms with Gasteiger partial charge in [0.2, 0.25) is 0 Å². The monoisotopic (exact) mass is 285 g/mol. The lowest BCUT2D eigenvalue weighted by Gasteiger charge is -2.19. The third-order valence-corrected chi connectivity index (χ3v) is 2.94. The van der Waals surface area contributed by atoms with Crippen molar-refractivity contribution in [2.75, 3.05) is 40.6 Å². The van der Waals surface area contributed by atoms with Crippen LogP contribution in [0.1, 0.15) is 24.9 Å². The fourth-order valence-corrected chi connectivity index (χ4v) is 1.83. The van der Waals surface area contributed by atoms with E-state index in [-0.39, 0.29) is 17.6 Å². The molecule has 0 heterocycles. The van der Waals surface area contributed by atoms with E-state index in [0.29, 0.717) is 19.8 Å². The van der Waals surface area contributed by atoms with Gasteiger partial charge < -0.3 is 19.5 Å². The Morgan fingerprint density at radius 3 is 2.65 bits per heavy atom. The smallest absolute Gasteiger partial charge is 0.165 e. The molecule has 1 unspecified atom stereocenters. The molecule has 0 saturated heterocycles. The second kappa shape index (κ2) is 9.69. The van der Waals surface area contributed by atoms with Crippen LogP contribution >= 0.6 is 0 Å². The zero-order valence-corrected chi connectivity index (χ0v) is 12.4. The van der Waals surface area contributed by atoms with Gasteiger partial charge in [-0.05, 0) is 30.7 Å². The number of nitrogens with one attached hydrogen (secondary N) is 1. The minimum absolute atomic E-state index is 0.0350. The fraction of sp³-hybridized carbons (Fsp3) is 0.600. The minimum atomic E-state index is -0.356. The molecule has 1 aromatic carbocycles. The van der Waals surface area contributed by atoms with E-state index >= 15 is 0 Å². The van der Waals surface area contributed by atoms with Crippen LogP contribution in [0.5, 0.6) is 5.75 Å². The summed E-state index contributed by atoms with van der Waals surface area (Å²) < 4.78 is 29.2. The maximum Gasteiger partial charge on any atom is 0.165 e. The highest BCUT2D eigenvalue weighted by Crippen LogP contribution is 2.22. The van der Waals surface area contributed by atoms with Crippen molar-refractivity contribution >= 4 is 0 Å². The molecule has 114 valence electrons. The van der Waals surface area contributed by atoms with Crippen LogP contribution in [0, 0.1) is 5.82 Å². The average Bonchev–Trinajstić information content (AvgIpc) is 2.46. The van der Waals surface area contributed by atoms with Crippen molar-refractivity contribution in [2.24, 2.45) is 0 Å². The quantitative estimate of drug-likeness (QED) is 0.671. The van der Waals surface area contributed by atoms with Crippen LogP contribution in [0.15, 0.2) is 18.2 Å². The number of hydrogen-bond acceptors (Lipinski definition) is 4. The first-order valence-electron chi connectivity index (χ1n) is 6.86. The molecule has 1 atom stereocenters. The van der Waals surface area contributed by atoms with E-state index in [1.807, 2.05) is 6.07 Å². The summed E-state index contributed by atoms with van der Waals surface area (Å²) in [5.74, 6) is -0.103. The van der Waals surface area contributed by atoms with Crippen LogP contribution in [-0.4, -0.2) is 40.6 Å². The zero-order valence-electron chi connectivity index (χ0n) is 12.4. The van der Waals surface area contributed by atoms with Crippen molar-refractivity contribution in [1.29, 1.82) is 0 Å². The summed E-state index contributed by atoms with van der Waals surface area (Å²) in [6, 6.07) is 4.95. The summed E-state index contributed by atoms with van der Waals surface area (Å²) in [6.07, 6.45) is 1.01. The highest BCUT2D eigenvalue weighted by molar-refractivity contribution is 5.31. The highest BCUT2D eigenvalue weighted by Gasteiger charge is 2.13. The van der Waals surface area contributed by atoms with Crippen LogP contribution in [0.4, 0.5) is 4.39 Å². The van der Waals surface area contributed by atoms with Gasteiger partial charge in [-0.3, -0.25) is 0 Å². The molecule has 0 aliphatic carbocycles. The maximum absolute atomic E-state index is 13.8. The third kappa shape index (κ3) is 5.45. The van der Waals surface area contributed by atoms with Crippen LogP contribution in [0.25, 0.3) is 0 Å². The van der Waals surface area contributed by atoms with Gasteiger partial charge in [-0.1, -0.05) is 13.0 Å². The van der Waals surface area contributed by atoms with Crippen molar-refractivity contribution in [3.63, 3.8) is 0 Å². The molecule has 20 heavy (non-hydrogen) atoms. The molecule has 1 N–H and O–H groups in total. The third-order valence-electron chi connectivity index (χ3n) is 2.94. The topological polar surface area (TPSA) is 39.7 Å². The van der Waals surface area contributed by atoms with Crippen LogP contribution < -0.4 is 10.1 Å². The largest absolute Gasteiger partial charge is 0.494 e. The molecule has 0 aliphatic heterocycles. The Morgan fingerprint density at radius 2 is 2.05 bits per heavy atom. The first kappa shape index (κ1) is 16.9. The van der Waals surface area contributed by atoms with E-state index in [1.54, 1.807) is 13.2 Å². The van der Waals surface area contributed by atoms with Crippen molar-refractivity contribution < 1.29 is 18.6 Å². The molecule has 1 aromatic rings. The lowest BCUT2D eigenvalue weighted by atomic mass is 10.1. The summed E-state index contributed by atoms with van der Waals surface area (Å²) in [5, 5.41) is 3.35. The van der Waals surface area contributed by atoms with Crippen molar-refractivity contribution in [3.8, 4) is 5.75 Å². The SMILES string of the molecule is CCCNC(COCCOC)c1ccc(OC)c(F)c1. The first-order chi connectivity index (χ1) is 9.72. The molecule has 5 heteroatoms. The Labute approximate surface area is 120 Å². The van der Waals surface area contributed by atoms with E-state index in [4.69, 9.17) is 14.2 Å². The molecule has 0 aliphatic rings. The van der Waals surface area contributed by atoms with Crippen molar-refractivity contribution in [2.45, 2.75) is 19.4 Å². The highest BCUT2D eigenvalue weighted by atomic mass is 19.1. The molecule has 4 nitrogen and oxygen atoms in total. The molecule has 0 fully saturated rings. The van der Waals surface area contributed by atoms with Gasteiger partial charge in [-0.2, -0.15) is 0 Å². The second-order valence-corrected chi connectivity index (χ2v) is 4.47. The number of rotatable bonds is 10. The van der Waals surface area contributed by atoms with Crippen LogP contribution in [0.3, 0.4) is 0 Å². The number of ether oxygens (including phenoxy) is 3. The van der Waals surface area contributed by atoms with Gasteiger partial charge in [-0.25, -0.2) is 4.39 Å². The standard InChI is InChI=1S/C15H24FNO3/c1-4-7-17-14(11-20-9-8-18-2)12-5-6-15(19-3)13(16)10-12/h5-6,10,14,17H,4,7-9,11H2,1-3H3. The maximum atomic E-state index is 13.8. The van der Waals surface area contributed by atoms with Crippen molar-refractivity contribution in [1.82, 2.24) is 5.32 Å². The molecule has 0 bridgehead atoms. The summed E-state index contributed by atoms with van der Waals surface area (Å²) in [5.41, 5.74) is 0.856. The molecule has 0 radical (unpaired) electrons. The fourth-order valence-electron chi connectivity index (χ4n) is 1.83. The Kier molecular flexibility index (Phi) is 8.18. The summed E-state index contributed by atoms with van der Waals surface area (Å²) in [7, 11) is 3.09. The zero-order chi connectivity index (χ0) is 14.8. The van der Waals surface area contributed by atoms with Gasteiger partial charge in [0.15, 0.2) is 11.6 Å². The van der Waals surface area contributed by atoms with Crippen LogP contribution in [-0.2, 0) is 9.47 Å². The lowest BCUT2D eigenvalue weighted by Crippen LogP contribution is -2.27. The summed E-state index contributed by atoms with van der Waals surface area (Å²) in [6.45, 7) is 4.50. The number of methoxy groups -OCH3 is 2. The number of hydrogen-bond donors (Lipinski definition) is 1. The molecule has 0 aromatic heterocycles. The summed E-state index contributed by atoms with van der Waals surface area (Å²) >= 11 is 0.